The fourth-order valence-corrected chi connectivity index (χ4v) is 2.51. The van der Waals surface area contributed by atoms with Crippen LogP contribution in [0, 0.1) is 0 Å². The minimum absolute atomic E-state index is 0.118. The number of nitrogens with two attached hydrogens (primary N) is 1. The van der Waals surface area contributed by atoms with Crippen molar-refractivity contribution in [2.24, 2.45) is 0 Å². The molecule has 0 aliphatic rings. The van der Waals surface area contributed by atoms with E-state index in [0.29, 0.717) is 5.82 Å². The van der Waals surface area contributed by atoms with E-state index in [1.54, 1.807) is 0 Å². The molecule has 7 nitrogen and oxygen atoms in total. The van der Waals surface area contributed by atoms with Gasteiger partial charge in [-0.1, -0.05) is 5.16 Å². The Kier molecular flexibility index (Phi) is 2.41. The van der Waals surface area contributed by atoms with Crippen LogP contribution in [0.15, 0.2) is 25.1 Å². The number of nitrogen functional groups attached to an aromatic ring is 1. The van der Waals surface area contributed by atoms with Crippen LogP contribution in [-0.4, -0.2) is 20.5 Å². The number of thiophene rings is 1. The first-order chi connectivity index (χ1) is 8.24. The van der Waals surface area contributed by atoms with Crippen molar-refractivity contribution in [3.63, 3.8) is 0 Å². The van der Waals surface area contributed by atoms with Crippen molar-refractivity contribution < 1.29 is 9.15 Å². The molecule has 0 saturated heterocycles. The average Bonchev–Trinajstić information content (AvgIpc) is 2.97. The molecule has 86 valence electrons. The fraction of sp³-hybridized carbons (Fsp3) is 0. The lowest BCUT2D eigenvalue weighted by Gasteiger charge is -1.84. The van der Waals surface area contributed by atoms with Crippen LogP contribution in [0.1, 0.15) is 0 Å². The minimum Gasteiger partial charge on any atom is -0.379 e. The first-order valence-corrected chi connectivity index (χ1v) is 6.03. The van der Waals surface area contributed by atoms with E-state index in [-0.39, 0.29) is 17.4 Å². The SMILES string of the molecule is Nc1nonc1-c1nc(-c2ccc(Br)s2)no1. The predicted octanol–water partition coefficient (Wildman–Crippen LogP) is 2.19. The molecule has 2 N–H and O–H groups in total. The van der Waals surface area contributed by atoms with Crippen LogP contribution in [0.4, 0.5) is 5.82 Å². The van der Waals surface area contributed by atoms with Gasteiger partial charge >= 0.3 is 0 Å². The Balaban J connectivity index is 2.01. The van der Waals surface area contributed by atoms with Crippen LogP contribution in [-0.2, 0) is 0 Å². The van der Waals surface area contributed by atoms with Crippen LogP contribution >= 0.6 is 27.3 Å². The molecule has 0 unspecified atom stereocenters. The lowest BCUT2D eigenvalue weighted by Crippen LogP contribution is -1.88. The van der Waals surface area contributed by atoms with E-state index in [0.717, 1.165) is 8.66 Å². The molecule has 0 bridgehead atoms. The van der Waals surface area contributed by atoms with Crippen molar-refractivity contribution in [3.8, 4) is 22.3 Å². The summed E-state index contributed by atoms with van der Waals surface area (Å²) in [6.45, 7) is 0. The molecule has 3 aromatic heterocycles. The zero-order chi connectivity index (χ0) is 11.8. The second-order valence-corrected chi connectivity index (χ2v) is 5.49. The van der Waals surface area contributed by atoms with Gasteiger partial charge in [-0.2, -0.15) is 4.98 Å². The number of hydrogen-bond donors (Lipinski definition) is 1. The monoisotopic (exact) mass is 313 g/mol. The van der Waals surface area contributed by atoms with E-state index in [2.05, 4.69) is 41.0 Å². The Morgan fingerprint density at radius 2 is 2.12 bits per heavy atom. The maximum absolute atomic E-state index is 5.52. The van der Waals surface area contributed by atoms with Crippen molar-refractivity contribution in [1.82, 2.24) is 20.5 Å². The highest BCUT2D eigenvalue weighted by atomic mass is 79.9. The van der Waals surface area contributed by atoms with Gasteiger partial charge in [0.1, 0.15) is 0 Å². The molecule has 3 heterocycles. The Bertz CT molecular complexity index is 660. The Hall–Kier alpha value is -1.74. The third-order valence-corrected chi connectivity index (χ3v) is 3.56. The highest BCUT2D eigenvalue weighted by Crippen LogP contribution is 2.31. The number of halogens is 1. The second kappa shape index (κ2) is 3.93. The highest BCUT2D eigenvalue weighted by molar-refractivity contribution is 9.11. The maximum Gasteiger partial charge on any atom is 0.284 e. The highest BCUT2D eigenvalue weighted by Gasteiger charge is 2.18. The van der Waals surface area contributed by atoms with E-state index in [4.69, 9.17) is 10.3 Å². The van der Waals surface area contributed by atoms with Gasteiger partial charge in [0.25, 0.3) is 5.89 Å². The summed E-state index contributed by atoms with van der Waals surface area (Å²) in [5.41, 5.74) is 5.77. The molecule has 0 spiro atoms. The van der Waals surface area contributed by atoms with E-state index in [1.165, 1.54) is 11.3 Å². The quantitative estimate of drug-likeness (QED) is 0.773. The van der Waals surface area contributed by atoms with Crippen LogP contribution in [0.2, 0.25) is 0 Å². The van der Waals surface area contributed by atoms with Gasteiger partial charge in [0.2, 0.25) is 17.3 Å². The summed E-state index contributed by atoms with van der Waals surface area (Å²) < 4.78 is 10.5. The zero-order valence-corrected chi connectivity index (χ0v) is 10.5. The number of hydrogen-bond acceptors (Lipinski definition) is 8. The van der Waals surface area contributed by atoms with Crippen LogP contribution in [0.3, 0.4) is 0 Å². The van der Waals surface area contributed by atoms with Gasteiger partial charge in [-0.05, 0) is 38.4 Å². The largest absolute Gasteiger partial charge is 0.379 e. The van der Waals surface area contributed by atoms with Crippen LogP contribution < -0.4 is 5.73 Å². The van der Waals surface area contributed by atoms with Gasteiger partial charge in [0, 0.05) is 0 Å². The second-order valence-electron chi connectivity index (χ2n) is 3.02. The summed E-state index contributed by atoms with van der Waals surface area (Å²) in [5, 5.41) is 10.9. The van der Waals surface area contributed by atoms with E-state index < -0.39 is 0 Å². The molecule has 0 amide bonds. The average molecular weight is 314 g/mol. The van der Waals surface area contributed by atoms with E-state index >= 15 is 0 Å². The number of anilines is 1. The molecule has 0 aliphatic carbocycles. The normalized spacial score (nSPS) is 10.9. The molecular formula is C8H4BrN5O2S. The molecule has 0 aliphatic heterocycles. The van der Waals surface area contributed by atoms with E-state index in [1.807, 2.05) is 12.1 Å². The molecular weight excluding hydrogens is 310 g/mol. The maximum atomic E-state index is 5.52. The lowest BCUT2D eigenvalue weighted by molar-refractivity contribution is 0.308. The summed E-state index contributed by atoms with van der Waals surface area (Å²) >= 11 is 4.86. The van der Waals surface area contributed by atoms with Crippen LogP contribution in [0.25, 0.3) is 22.3 Å². The Morgan fingerprint density at radius 1 is 1.24 bits per heavy atom. The molecule has 0 aromatic carbocycles. The van der Waals surface area contributed by atoms with Crippen molar-refractivity contribution in [3.05, 3.63) is 15.9 Å². The third-order valence-electron chi connectivity index (χ3n) is 1.94. The molecule has 0 radical (unpaired) electrons. The summed E-state index contributed by atoms with van der Waals surface area (Å²) in [6, 6.07) is 3.79. The molecule has 3 aromatic rings. The number of rotatable bonds is 2. The molecule has 9 heteroatoms. The predicted molar refractivity (Wildman–Crippen MR) is 63.0 cm³/mol. The van der Waals surface area contributed by atoms with Crippen LogP contribution in [0.5, 0.6) is 0 Å². The third kappa shape index (κ3) is 1.83. The lowest BCUT2D eigenvalue weighted by atomic mass is 10.4. The summed E-state index contributed by atoms with van der Waals surface area (Å²) in [4.78, 5) is 5.04. The summed E-state index contributed by atoms with van der Waals surface area (Å²) in [7, 11) is 0. The molecule has 3 rings (SSSR count). The molecule has 0 atom stereocenters. The minimum atomic E-state index is 0.118. The summed E-state index contributed by atoms with van der Waals surface area (Å²) in [5.74, 6) is 0.772. The topological polar surface area (TPSA) is 104 Å². The smallest absolute Gasteiger partial charge is 0.284 e. The first-order valence-electron chi connectivity index (χ1n) is 4.42. The van der Waals surface area contributed by atoms with Crippen molar-refractivity contribution in [2.75, 3.05) is 5.73 Å². The standard InChI is InChI=1S/C8H4BrN5O2S/c9-4-2-1-3(17-4)7-11-8(15-14-7)5-6(10)13-16-12-5/h1-2H,(H2,10,13). The van der Waals surface area contributed by atoms with Crippen molar-refractivity contribution in [1.29, 1.82) is 0 Å². The Morgan fingerprint density at radius 3 is 2.76 bits per heavy atom. The number of nitrogens with zero attached hydrogens (tertiary/aromatic N) is 4. The van der Waals surface area contributed by atoms with Crippen molar-refractivity contribution >= 4 is 33.1 Å². The molecule has 0 fully saturated rings. The number of aromatic nitrogens is 4. The van der Waals surface area contributed by atoms with Gasteiger partial charge in [-0.15, -0.1) is 11.3 Å². The van der Waals surface area contributed by atoms with Gasteiger partial charge in [0.15, 0.2) is 0 Å². The Labute approximate surface area is 107 Å². The van der Waals surface area contributed by atoms with Gasteiger partial charge in [-0.3, -0.25) is 0 Å². The summed E-state index contributed by atoms with van der Waals surface area (Å²) in [6.07, 6.45) is 0. The first kappa shape index (κ1) is 10.4. The van der Waals surface area contributed by atoms with Crippen molar-refractivity contribution in [2.45, 2.75) is 0 Å². The fourth-order valence-electron chi connectivity index (χ4n) is 1.20. The van der Waals surface area contributed by atoms with Gasteiger partial charge in [-0.25, -0.2) is 4.63 Å². The van der Waals surface area contributed by atoms with Gasteiger partial charge in [0.05, 0.1) is 8.66 Å². The zero-order valence-electron chi connectivity index (χ0n) is 8.12. The van der Waals surface area contributed by atoms with E-state index in [9.17, 15) is 0 Å². The molecule has 17 heavy (non-hydrogen) atoms. The molecule has 0 saturated carbocycles. The van der Waals surface area contributed by atoms with Gasteiger partial charge < -0.3 is 10.3 Å².